The zero-order valence-corrected chi connectivity index (χ0v) is 11.4. The standard InChI is InChI=1S/C14H25N3/c1-4-15-13(9-12-6-7-12)10-14-8-11(3)16-17(14)5-2/h8,12-13,15H,4-7,9-10H2,1-3H3. The zero-order valence-electron chi connectivity index (χ0n) is 11.4. The Bertz CT molecular complexity index is 352. The maximum atomic E-state index is 4.53. The molecule has 0 spiro atoms. The van der Waals surface area contributed by atoms with E-state index in [4.69, 9.17) is 0 Å². The molecule has 1 aliphatic carbocycles. The molecule has 2 rings (SSSR count). The van der Waals surface area contributed by atoms with Crippen LogP contribution in [0.25, 0.3) is 0 Å². The Labute approximate surface area is 105 Å². The fourth-order valence-electron chi connectivity index (χ4n) is 2.57. The van der Waals surface area contributed by atoms with Crippen molar-refractivity contribution >= 4 is 0 Å². The SMILES string of the molecule is CCNC(Cc1cc(C)nn1CC)CC1CC1. The number of nitrogens with zero attached hydrogens (tertiary/aromatic N) is 2. The predicted octanol–water partition coefficient (Wildman–Crippen LogP) is 2.53. The molecule has 17 heavy (non-hydrogen) atoms. The lowest BCUT2D eigenvalue weighted by molar-refractivity contribution is 0.450. The van der Waals surface area contributed by atoms with Crippen molar-refractivity contribution in [2.75, 3.05) is 6.54 Å². The molecule has 1 aromatic rings. The number of aryl methyl sites for hydroxylation is 2. The van der Waals surface area contributed by atoms with Gasteiger partial charge < -0.3 is 5.32 Å². The molecule has 3 heteroatoms. The third-order valence-electron chi connectivity index (χ3n) is 3.55. The number of likely N-dealkylation sites (N-methyl/N-ethyl adjacent to an activating group) is 1. The van der Waals surface area contributed by atoms with E-state index in [1.807, 2.05) is 0 Å². The van der Waals surface area contributed by atoms with Crippen LogP contribution in [0, 0.1) is 12.8 Å². The summed E-state index contributed by atoms with van der Waals surface area (Å²) in [6.07, 6.45) is 5.34. The van der Waals surface area contributed by atoms with E-state index in [1.54, 1.807) is 0 Å². The molecule has 0 amide bonds. The van der Waals surface area contributed by atoms with E-state index in [2.05, 4.69) is 41.9 Å². The second-order valence-corrected chi connectivity index (χ2v) is 5.23. The van der Waals surface area contributed by atoms with E-state index >= 15 is 0 Å². The van der Waals surface area contributed by atoms with Gasteiger partial charge in [-0.1, -0.05) is 19.8 Å². The van der Waals surface area contributed by atoms with Crippen molar-refractivity contribution in [3.63, 3.8) is 0 Å². The summed E-state index contributed by atoms with van der Waals surface area (Å²) in [7, 11) is 0. The topological polar surface area (TPSA) is 29.9 Å². The normalized spacial score (nSPS) is 17.4. The van der Waals surface area contributed by atoms with Crippen LogP contribution in [0.4, 0.5) is 0 Å². The zero-order chi connectivity index (χ0) is 12.3. The Morgan fingerprint density at radius 1 is 1.47 bits per heavy atom. The fourth-order valence-corrected chi connectivity index (χ4v) is 2.57. The van der Waals surface area contributed by atoms with Crippen LogP contribution in [0.1, 0.15) is 44.5 Å². The summed E-state index contributed by atoms with van der Waals surface area (Å²) in [6, 6.07) is 2.87. The van der Waals surface area contributed by atoms with Gasteiger partial charge in [0.25, 0.3) is 0 Å². The number of rotatable bonds is 7. The predicted molar refractivity (Wildman–Crippen MR) is 71.1 cm³/mol. The molecule has 1 aromatic heterocycles. The van der Waals surface area contributed by atoms with Crippen molar-refractivity contribution in [1.29, 1.82) is 0 Å². The van der Waals surface area contributed by atoms with Gasteiger partial charge in [0.15, 0.2) is 0 Å². The van der Waals surface area contributed by atoms with Crippen molar-refractivity contribution in [3.8, 4) is 0 Å². The van der Waals surface area contributed by atoms with Crippen LogP contribution in [0.5, 0.6) is 0 Å². The molecule has 0 radical (unpaired) electrons. The van der Waals surface area contributed by atoms with E-state index in [1.165, 1.54) is 25.0 Å². The lowest BCUT2D eigenvalue weighted by atomic mass is 10.0. The molecule has 0 saturated heterocycles. The average molecular weight is 235 g/mol. The molecule has 1 unspecified atom stereocenters. The Kier molecular flexibility index (Phi) is 4.21. The first-order valence-electron chi connectivity index (χ1n) is 6.99. The third-order valence-corrected chi connectivity index (χ3v) is 3.55. The highest BCUT2D eigenvalue weighted by Crippen LogP contribution is 2.34. The van der Waals surface area contributed by atoms with Crippen molar-refractivity contribution in [2.24, 2.45) is 5.92 Å². The van der Waals surface area contributed by atoms with Gasteiger partial charge >= 0.3 is 0 Å². The van der Waals surface area contributed by atoms with Crippen LogP contribution in [-0.2, 0) is 13.0 Å². The quantitative estimate of drug-likeness (QED) is 0.787. The lowest BCUT2D eigenvalue weighted by Crippen LogP contribution is -2.32. The maximum Gasteiger partial charge on any atom is 0.0596 e. The largest absolute Gasteiger partial charge is 0.314 e. The fraction of sp³-hybridized carbons (Fsp3) is 0.786. The van der Waals surface area contributed by atoms with Crippen LogP contribution in [-0.4, -0.2) is 22.4 Å². The summed E-state index contributed by atoms with van der Waals surface area (Å²) in [5, 5.41) is 8.15. The van der Waals surface area contributed by atoms with Gasteiger partial charge in [-0.3, -0.25) is 4.68 Å². The highest BCUT2D eigenvalue weighted by molar-refractivity contribution is 5.10. The van der Waals surface area contributed by atoms with E-state index in [-0.39, 0.29) is 0 Å². The van der Waals surface area contributed by atoms with Crippen LogP contribution in [0.2, 0.25) is 0 Å². The van der Waals surface area contributed by atoms with E-state index in [9.17, 15) is 0 Å². The van der Waals surface area contributed by atoms with Gasteiger partial charge in [-0.05, 0) is 38.8 Å². The van der Waals surface area contributed by atoms with Gasteiger partial charge in [0.05, 0.1) is 5.69 Å². The summed E-state index contributed by atoms with van der Waals surface area (Å²) in [4.78, 5) is 0. The van der Waals surface area contributed by atoms with Crippen LogP contribution >= 0.6 is 0 Å². The number of hydrogen-bond donors (Lipinski definition) is 1. The summed E-state index contributed by atoms with van der Waals surface area (Å²) in [5.74, 6) is 0.984. The molecule has 0 bridgehead atoms. The van der Waals surface area contributed by atoms with Crippen molar-refractivity contribution in [1.82, 2.24) is 15.1 Å². The molecule has 1 heterocycles. The smallest absolute Gasteiger partial charge is 0.0596 e. The van der Waals surface area contributed by atoms with Crippen LogP contribution < -0.4 is 5.32 Å². The third kappa shape index (κ3) is 3.56. The highest BCUT2D eigenvalue weighted by atomic mass is 15.3. The maximum absolute atomic E-state index is 4.53. The van der Waals surface area contributed by atoms with E-state index < -0.39 is 0 Å². The second-order valence-electron chi connectivity index (χ2n) is 5.23. The second kappa shape index (κ2) is 5.67. The van der Waals surface area contributed by atoms with Crippen molar-refractivity contribution < 1.29 is 0 Å². The Morgan fingerprint density at radius 2 is 2.24 bits per heavy atom. The summed E-state index contributed by atoms with van der Waals surface area (Å²) in [5.41, 5.74) is 2.53. The first kappa shape index (κ1) is 12.6. The summed E-state index contributed by atoms with van der Waals surface area (Å²) < 4.78 is 2.15. The van der Waals surface area contributed by atoms with Crippen molar-refractivity contribution in [3.05, 3.63) is 17.5 Å². The highest BCUT2D eigenvalue weighted by Gasteiger charge is 2.25. The molecular formula is C14H25N3. The Balaban J connectivity index is 1.98. The monoisotopic (exact) mass is 235 g/mol. The minimum absolute atomic E-state index is 0.633. The van der Waals surface area contributed by atoms with Crippen LogP contribution in [0.3, 0.4) is 0 Å². The van der Waals surface area contributed by atoms with Crippen LogP contribution in [0.15, 0.2) is 6.07 Å². The van der Waals surface area contributed by atoms with E-state index in [0.717, 1.165) is 31.1 Å². The molecule has 0 aliphatic heterocycles. The molecule has 1 N–H and O–H groups in total. The Hall–Kier alpha value is -0.830. The summed E-state index contributed by atoms with van der Waals surface area (Å²) in [6.45, 7) is 8.49. The molecule has 1 saturated carbocycles. The number of aromatic nitrogens is 2. The minimum Gasteiger partial charge on any atom is -0.314 e. The van der Waals surface area contributed by atoms with Gasteiger partial charge in [-0.2, -0.15) is 5.10 Å². The van der Waals surface area contributed by atoms with Gasteiger partial charge in [-0.15, -0.1) is 0 Å². The average Bonchev–Trinajstić information content (AvgIpc) is 3.02. The van der Waals surface area contributed by atoms with Gasteiger partial charge in [-0.25, -0.2) is 0 Å². The number of nitrogens with one attached hydrogen (secondary N) is 1. The first-order valence-corrected chi connectivity index (χ1v) is 6.99. The van der Waals surface area contributed by atoms with E-state index in [0.29, 0.717) is 6.04 Å². The van der Waals surface area contributed by atoms with Crippen molar-refractivity contribution in [2.45, 2.75) is 59.0 Å². The van der Waals surface area contributed by atoms with Gasteiger partial charge in [0.2, 0.25) is 0 Å². The molecule has 96 valence electrons. The Morgan fingerprint density at radius 3 is 2.82 bits per heavy atom. The molecule has 0 aromatic carbocycles. The molecule has 3 nitrogen and oxygen atoms in total. The lowest BCUT2D eigenvalue weighted by Gasteiger charge is -2.18. The molecular weight excluding hydrogens is 210 g/mol. The number of hydrogen-bond acceptors (Lipinski definition) is 2. The minimum atomic E-state index is 0.633. The summed E-state index contributed by atoms with van der Waals surface area (Å²) >= 11 is 0. The first-order chi connectivity index (χ1) is 8.22. The molecule has 1 atom stereocenters. The molecule has 1 fully saturated rings. The van der Waals surface area contributed by atoms with Gasteiger partial charge in [0, 0.05) is 24.7 Å². The van der Waals surface area contributed by atoms with Gasteiger partial charge in [0.1, 0.15) is 0 Å². The molecule has 1 aliphatic rings.